The number of halogens is 2. The fourth-order valence-electron chi connectivity index (χ4n) is 2.15. The summed E-state index contributed by atoms with van der Waals surface area (Å²) in [5, 5.41) is 0. The van der Waals surface area contributed by atoms with Gasteiger partial charge in [0, 0.05) is 17.6 Å². The van der Waals surface area contributed by atoms with E-state index in [1.165, 1.54) is 10.4 Å². The van der Waals surface area contributed by atoms with Crippen LogP contribution in [0.3, 0.4) is 0 Å². The van der Waals surface area contributed by atoms with E-state index in [1.54, 1.807) is 0 Å². The van der Waals surface area contributed by atoms with Gasteiger partial charge in [-0.05, 0) is 48.0 Å². The van der Waals surface area contributed by atoms with Crippen LogP contribution in [0.4, 0.5) is 4.39 Å². The first-order valence-electron chi connectivity index (χ1n) is 5.91. The van der Waals surface area contributed by atoms with Crippen LogP contribution in [0.5, 0.6) is 0 Å². The summed E-state index contributed by atoms with van der Waals surface area (Å²) in [6.07, 6.45) is -0.310. The summed E-state index contributed by atoms with van der Waals surface area (Å²) >= 11 is 3.10. The molecule has 1 aromatic rings. The molecule has 0 amide bonds. The Morgan fingerprint density at radius 2 is 1.89 bits per heavy atom. The highest BCUT2D eigenvalue weighted by Gasteiger charge is 2.33. The van der Waals surface area contributed by atoms with Gasteiger partial charge in [0.2, 0.25) is 10.0 Å². The van der Waals surface area contributed by atoms with Crippen molar-refractivity contribution in [2.24, 2.45) is 0 Å². The summed E-state index contributed by atoms with van der Waals surface area (Å²) < 4.78 is 45.2. The minimum absolute atomic E-state index is 0.0789. The summed E-state index contributed by atoms with van der Waals surface area (Å²) in [6, 6.07) is 3.57. The average molecular weight is 352 g/mol. The second-order valence-electron chi connectivity index (χ2n) is 4.65. The lowest BCUT2D eigenvalue weighted by atomic mass is 10.3. The van der Waals surface area contributed by atoms with Crippen LogP contribution in [-0.4, -0.2) is 38.0 Å². The van der Waals surface area contributed by atoms with E-state index in [4.69, 9.17) is 4.74 Å². The van der Waals surface area contributed by atoms with Gasteiger partial charge in [0.25, 0.3) is 0 Å². The Morgan fingerprint density at radius 3 is 2.42 bits per heavy atom. The fourth-order valence-corrected chi connectivity index (χ4v) is 4.75. The fraction of sp³-hybridized carbons (Fsp3) is 0.500. The number of rotatable bonds is 2. The number of sulfonamides is 1. The molecule has 19 heavy (non-hydrogen) atoms. The van der Waals surface area contributed by atoms with Crippen molar-refractivity contribution in [1.82, 2.24) is 4.31 Å². The third-order valence-electron chi connectivity index (χ3n) is 2.90. The Labute approximate surface area is 120 Å². The van der Waals surface area contributed by atoms with Crippen molar-refractivity contribution in [2.75, 3.05) is 13.1 Å². The molecular formula is C12H15BrFNO3S. The first kappa shape index (κ1) is 14.9. The molecule has 106 valence electrons. The Hall–Kier alpha value is -0.500. The third-order valence-corrected chi connectivity index (χ3v) is 5.71. The summed E-state index contributed by atoms with van der Waals surface area (Å²) in [5.74, 6) is -0.477. The topological polar surface area (TPSA) is 46.6 Å². The number of hydrogen-bond donors (Lipinski definition) is 0. The lowest BCUT2D eigenvalue weighted by molar-refractivity contribution is -0.0440. The van der Waals surface area contributed by atoms with Crippen molar-refractivity contribution in [3.63, 3.8) is 0 Å². The standard InChI is InChI=1S/C12H15BrFNO3S/c1-8-6-15(7-9(2)18-8)19(16,17)12-4-3-10(14)5-11(12)13/h3-5,8-9H,6-7H2,1-2H3. The van der Waals surface area contributed by atoms with Crippen LogP contribution in [0.25, 0.3) is 0 Å². The summed E-state index contributed by atoms with van der Waals surface area (Å²) in [5.41, 5.74) is 0. The number of benzene rings is 1. The van der Waals surface area contributed by atoms with Crippen molar-refractivity contribution in [2.45, 2.75) is 31.0 Å². The van der Waals surface area contributed by atoms with Crippen molar-refractivity contribution < 1.29 is 17.5 Å². The molecule has 0 radical (unpaired) electrons. The van der Waals surface area contributed by atoms with Crippen LogP contribution in [0.2, 0.25) is 0 Å². The SMILES string of the molecule is CC1CN(S(=O)(=O)c2ccc(F)cc2Br)CC(C)O1. The predicted octanol–water partition coefficient (Wildman–Crippen LogP) is 2.39. The van der Waals surface area contributed by atoms with E-state index in [0.29, 0.717) is 13.1 Å². The molecule has 1 fully saturated rings. The first-order valence-corrected chi connectivity index (χ1v) is 8.14. The van der Waals surface area contributed by atoms with Crippen molar-refractivity contribution in [1.29, 1.82) is 0 Å². The maximum absolute atomic E-state index is 13.0. The highest BCUT2D eigenvalue weighted by atomic mass is 79.9. The monoisotopic (exact) mass is 351 g/mol. The maximum atomic E-state index is 13.0. The lowest BCUT2D eigenvalue weighted by Gasteiger charge is -2.34. The smallest absolute Gasteiger partial charge is 0.244 e. The van der Waals surface area contributed by atoms with Gasteiger partial charge in [0.15, 0.2) is 0 Å². The van der Waals surface area contributed by atoms with Gasteiger partial charge in [0.1, 0.15) is 5.82 Å². The zero-order chi connectivity index (χ0) is 14.2. The van der Waals surface area contributed by atoms with E-state index in [1.807, 2.05) is 13.8 Å². The largest absolute Gasteiger partial charge is 0.373 e. The maximum Gasteiger partial charge on any atom is 0.244 e. The second kappa shape index (κ2) is 5.47. The quantitative estimate of drug-likeness (QED) is 0.821. The molecule has 1 aliphatic rings. The van der Waals surface area contributed by atoms with E-state index >= 15 is 0 Å². The van der Waals surface area contributed by atoms with Crippen LogP contribution < -0.4 is 0 Å². The molecule has 0 bridgehead atoms. The molecule has 0 aromatic heterocycles. The Kier molecular flexibility index (Phi) is 4.29. The number of morpholine rings is 1. The van der Waals surface area contributed by atoms with Gasteiger partial charge in [-0.25, -0.2) is 12.8 Å². The summed E-state index contributed by atoms with van der Waals surface area (Å²) in [4.78, 5) is 0.0789. The van der Waals surface area contributed by atoms with Gasteiger partial charge in [-0.2, -0.15) is 4.31 Å². The summed E-state index contributed by atoms with van der Waals surface area (Å²) in [7, 11) is -3.64. The second-order valence-corrected chi connectivity index (χ2v) is 7.41. The highest BCUT2D eigenvalue weighted by molar-refractivity contribution is 9.10. The Balaban J connectivity index is 2.36. The minimum Gasteiger partial charge on any atom is -0.373 e. The van der Waals surface area contributed by atoms with Gasteiger partial charge in [-0.15, -0.1) is 0 Å². The van der Waals surface area contributed by atoms with Gasteiger partial charge < -0.3 is 4.74 Å². The van der Waals surface area contributed by atoms with E-state index in [2.05, 4.69) is 15.9 Å². The minimum atomic E-state index is -3.64. The number of ether oxygens (including phenoxy) is 1. The normalized spacial score (nSPS) is 25.5. The average Bonchev–Trinajstić information content (AvgIpc) is 2.26. The van der Waals surface area contributed by atoms with Gasteiger partial charge in [0.05, 0.1) is 17.1 Å². The van der Waals surface area contributed by atoms with Crippen molar-refractivity contribution >= 4 is 26.0 Å². The predicted molar refractivity (Wildman–Crippen MR) is 72.9 cm³/mol. The molecule has 1 heterocycles. The lowest BCUT2D eigenvalue weighted by Crippen LogP contribution is -2.48. The molecule has 0 saturated carbocycles. The van der Waals surface area contributed by atoms with Crippen molar-refractivity contribution in [3.05, 3.63) is 28.5 Å². The molecule has 1 aliphatic heterocycles. The summed E-state index contributed by atoms with van der Waals surface area (Å²) in [6.45, 7) is 4.27. The van der Waals surface area contributed by atoms with Crippen LogP contribution >= 0.6 is 15.9 Å². The van der Waals surface area contributed by atoms with E-state index in [0.717, 1.165) is 12.1 Å². The Bertz CT molecular complexity index is 568. The molecule has 1 saturated heterocycles. The van der Waals surface area contributed by atoms with E-state index in [9.17, 15) is 12.8 Å². The van der Waals surface area contributed by atoms with Crippen molar-refractivity contribution in [3.8, 4) is 0 Å². The molecular weight excluding hydrogens is 337 g/mol. The molecule has 7 heteroatoms. The van der Waals surface area contributed by atoms with Crippen LogP contribution in [-0.2, 0) is 14.8 Å². The zero-order valence-electron chi connectivity index (χ0n) is 10.6. The van der Waals surface area contributed by atoms with Gasteiger partial charge >= 0.3 is 0 Å². The molecule has 2 atom stereocenters. The van der Waals surface area contributed by atoms with Crippen LogP contribution in [0.1, 0.15) is 13.8 Å². The molecule has 0 N–H and O–H groups in total. The third kappa shape index (κ3) is 3.16. The molecule has 2 rings (SSSR count). The first-order chi connectivity index (χ1) is 8.80. The Morgan fingerprint density at radius 1 is 1.32 bits per heavy atom. The zero-order valence-corrected chi connectivity index (χ0v) is 13.0. The molecule has 0 aliphatic carbocycles. The van der Waals surface area contributed by atoms with Crippen LogP contribution in [0, 0.1) is 5.82 Å². The van der Waals surface area contributed by atoms with E-state index < -0.39 is 15.8 Å². The molecule has 4 nitrogen and oxygen atoms in total. The van der Waals surface area contributed by atoms with E-state index in [-0.39, 0.29) is 21.6 Å². The van der Waals surface area contributed by atoms with Gasteiger partial charge in [-0.1, -0.05) is 0 Å². The molecule has 2 unspecified atom stereocenters. The molecule has 1 aromatic carbocycles. The number of nitrogens with zero attached hydrogens (tertiary/aromatic N) is 1. The number of hydrogen-bond acceptors (Lipinski definition) is 3. The highest BCUT2D eigenvalue weighted by Crippen LogP contribution is 2.27. The van der Waals surface area contributed by atoms with Crippen LogP contribution in [0.15, 0.2) is 27.6 Å². The van der Waals surface area contributed by atoms with Gasteiger partial charge in [-0.3, -0.25) is 0 Å². The molecule has 0 spiro atoms.